The number of hydrogen-bond acceptors (Lipinski definition) is 4. The number of nitrogens with one attached hydrogen (secondary N) is 1. The minimum Gasteiger partial charge on any atom is -0.477 e. The summed E-state index contributed by atoms with van der Waals surface area (Å²) in [6, 6.07) is -0.791. The maximum atomic E-state index is 15.8. The minimum atomic E-state index is -5.01. The molecule has 7 nitrogen and oxygen atoms in total. The zero-order valence-corrected chi connectivity index (χ0v) is 18.6. The maximum Gasteiger partial charge on any atom is 0.471 e. The van der Waals surface area contributed by atoms with Crippen LogP contribution in [0.3, 0.4) is 0 Å². The van der Waals surface area contributed by atoms with E-state index in [9.17, 15) is 32.7 Å². The van der Waals surface area contributed by atoms with E-state index in [-0.39, 0.29) is 35.8 Å². The van der Waals surface area contributed by atoms with Gasteiger partial charge in [-0.15, -0.1) is 0 Å². The predicted octanol–water partition coefficient (Wildman–Crippen LogP) is 3.44. The molecule has 2 aromatic rings. The number of halogens is 4. The van der Waals surface area contributed by atoms with E-state index in [1.807, 2.05) is 0 Å². The van der Waals surface area contributed by atoms with Crippen LogP contribution in [0, 0.1) is 25.1 Å². The Morgan fingerprint density at radius 2 is 1.82 bits per heavy atom. The lowest BCUT2D eigenvalue weighted by atomic mass is 9.99. The summed E-state index contributed by atoms with van der Waals surface area (Å²) in [6.07, 6.45) is -0.881. The van der Waals surface area contributed by atoms with Crippen molar-refractivity contribution in [3.63, 3.8) is 0 Å². The fourth-order valence-corrected chi connectivity index (χ4v) is 5.34. The van der Waals surface area contributed by atoms with E-state index >= 15 is 4.39 Å². The van der Waals surface area contributed by atoms with Crippen molar-refractivity contribution in [2.24, 2.45) is 5.41 Å². The summed E-state index contributed by atoms with van der Waals surface area (Å²) in [7, 11) is 0. The monoisotopic (exact) mass is 481 g/mol. The Kier molecular flexibility index (Phi) is 4.80. The first kappa shape index (κ1) is 22.7. The van der Waals surface area contributed by atoms with E-state index in [1.54, 1.807) is 16.4 Å². The van der Waals surface area contributed by atoms with Crippen molar-refractivity contribution >= 4 is 28.5 Å². The van der Waals surface area contributed by atoms with Crippen molar-refractivity contribution in [1.82, 2.24) is 9.88 Å². The Morgan fingerprint density at radius 3 is 2.35 bits per heavy atom. The number of nitrogens with zero attached hydrogens (tertiary/aromatic N) is 2. The molecule has 1 aromatic carbocycles. The second-order valence-electron chi connectivity index (χ2n) is 9.72. The third-order valence-electron chi connectivity index (χ3n) is 7.45. The van der Waals surface area contributed by atoms with Crippen LogP contribution < -0.4 is 15.6 Å². The first-order valence-electron chi connectivity index (χ1n) is 11.1. The molecule has 1 saturated heterocycles. The molecule has 0 bridgehead atoms. The molecule has 1 spiro atoms. The summed E-state index contributed by atoms with van der Waals surface area (Å²) < 4.78 is 56.0. The fourth-order valence-electron chi connectivity index (χ4n) is 5.34. The molecular weight excluding hydrogens is 458 g/mol. The molecule has 3 fully saturated rings. The van der Waals surface area contributed by atoms with Crippen molar-refractivity contribution in [3.05, 3.63) is 38.9 Å². The van der Waals surface area contributed by atoms with Gasteiger partial charge in [-0.3, -0.25) is 9.59 Å². The van der Waals surface area contributed by atoms with Crippen LogP contribution in [0.15, 0.2) is 11.0 Å². The lowest BCUT2D eigenvalue weighted by molar-refractivity contribution is -0.174. The summed E-state index contributed by atoms with van der Waals surface area (Å²) >= 11 is 0. The van der Waals surface area contributed by atoms with Crippen LogP contribution in [0.1, 0.15) is 53.2 Å². The van der Waals surface area contributed by atoms with Crippen LogP contribution in [0.4, 0.5) is 23.2 Å². The van der Waals surface area contributed by atoms with Gasteiger partial charge in [0.25, 0.3) is 0 Å². The van der Waals surface area contributed by atoms with E-state index in [4.69, 9.17) is 0 Å². The van der Waals surface area contributed by atoms with Gasteiger partial charge in [0.05, 0.1) is 22.6 Å². The van der Waals surface area contributed by atoms with Gasteiger partial charge >= 0.3 is 18.1 Å². The van der Waals surface area contributed by atoms with E-state index in [0.29, 0.717) is 23.9 Å². The number of carbonyl (C=O) groups excluding carboxylic acids is 1. The van der Waals surface area contributed by atoms with Crippen LogP contribution in [0.5, 0.6) is 0 Å². The number of pyridine rings is 1. The molecule has 2 saturated carbocycles. The Labute approximate surface area is 191 Å². The molecule has 2 heterocycles. The van der Waals surface area contributed by atoms with Gasteiger partial charge in [-0.25, -0.2) is 9.18 Å². The molecule has 0 unspecified atom stereocenters. The maximum absolute atomic E-state index is 15.8. The number of carboxylic acids is 1. The predicted molar refractivity (Wildman–Crippen MR) is 115 cm³/mol. The second kappa shape index (κ2) is 7.19. The highest BCUT2D eigenvalue weighted by atomic mass is 19.4. The standard InChI is InChI=1S/C23H23F4N3O4/c1-10-15-17(30(12-3-4-12)7-13(19(15)31)20(32)33)11(2)18(16(10)24)29-8-14(22(9-29)5-6-22)28-21(34)23(25,26)27/h7,12,14H,3-6,8-9H2,1-2H3,(H,28,34)(H,32,33)/t14-/m1/s1. The second-order valence-corrected chi connectivity index (χ2v) is 9.72. The number of alkyl halides is 3. The third-order valence-corrected chi connectivity index (χ3v) is 7.45. The molecule has 5 rings (SSSR count). The Morgan fingerprint density at radius 1 is 1.18 bits per heavy atom. The van der Waals surface area contributed by atoms with Crippen molar-refractivity contribution < 1.29 is 32.3 Å². The van der Waals surface area contributed by atoms with E-state index < -0.39 is 46.3 Å². The molecular formula is C23H23F4N3O4. The van der Waals surface area contributed by atoms with Crippen LogP contribution in [-0.4, -0.2) is 46.9 Å². The smallest absolute Gasteiger partial charge is 0.471 e. The highest BCUT2D eigenvalue weighted by molar-refractivity contribution is 5.97. The van der Waals surface area contributed by atoms with Gasteiger partial charge in [0.1, 0.15) is 5.56 Å². The number of fused-ring (bicyclic) bond motifs is 1. The first-order valence-corrected chi connectivity index (χ1v) is 11.1. The summed E-state index contributed by atoms with van der Waals surface area (Å²) in [5, 5.41) is 11.6. The van der Waals surface area contributed by atoms with E-state index in [1.165, 1.54) is 13.1 Å². The van der Waals surface area contributed by atoms with Crippen molar-refractivity contribution in [1.29, 1.82) is 0 Å². The minimum absolute atomic E-state index is 0.00530. The molecule has 34 heavy (non-hydrogen) atoms. The number of benzene rings is 1. The SMILES string of the molecule is Cc1c(F)c(N2C[C@@H](NC(=O)C(F)(F)F)C3(CC3)C2)c(C)c2c1c(=O)c(C(=O)O)cn2C1CC1. The van der Waals surface area contributed by atoms with Gasteiger partial charge in [0.2, 0.25) is 5.43 Å². The van der Waals surface area contributed by atoms with E-state index in [2.05, 4.69) is 5.32 Å². The lowest BCUT2D eigenvalue weighted by Gasteiger charge is -2.26. The number of anilines is 1. The molecule has 2 N–H and O–H groups in total. The molecule has 2 aliphatic carbocycles. The Balaban J connectivity index is 1.64. The third kappa shape index (κ3) is 3.35. The average Bonchev–Trinajstić information content (AvgIpc) is 3.65. The topological polar surface area (TPSA) is 91.6 Å². The van der Waals surface area contributed by atoms with Crippen LogP contribution in [0.2, 0.25) is 0 Å². The first-order chi connectivity index (χ1) is 15.9. The number of rotatable bonds is 4. The number of aromatic nitrogens is 1. The van der Waals surface area contributed by atoms with Gasteiger partial charge in [0.15, 0.2) is 5.82 Å². The lowest BCUT2D eigenvalue weighted by Crippen LogP contribution is -2.47. The zero-order chi connectivity index (χ0) is 24.7. The van der Waals surface area contributed by atoms with Gasteiger partial charge in [-0.05, 0) is 45.1 Å². The highest BCUT2D eigenvalue weighted by Gasteiger charge is 2.57. The molecule has 0 radical (unpaired) electrons. The van der Waals surface area contributed by atoms with Gasteiger partial charge in [0, 0.05) is 36.3 Å². The van der Waals surface area contributed by atoms with Crippen molar-refractivity contribution in [2.75, 3.05) is 18.0 Å². The van der Waals surface area contributed by atoms with Crippen molar-refractivity contribution in [3.8, 4) is 0 Å². The summed E-state index contributed by atoms with van der Waals surface area (Å²) in [5.74, 6) is -4.10. The molecule has 3 aliphatic rings. The van der Waals surface area contributed by atoms with Gasteiger partial charge in [-0.1, -0.05) is 0 Å². The van der Waals surface area contributed by atoms with E-state index in [0.717, 1.165) is 12.8 Å². The number of carbonyl (C=O) groups is 2. The number of carboxylic acid groups (broad SMARTS) is 1. The quantitative estimate of drug-likeness (QED) is 0.653. The number of aryl methyl sites for hydroxylation is 2. The zero-order valence-electron chi connectivity index (χ0n) is 18.6. The highest BCUT2D eigenvalue weighted by Crippen LogP contribution is 2.54. The van der Waals surface area contributed by atoms with Gasteiger partial charge < -0.3 is 19.9 Å². The van der Waals surface area contributed by atoms with Crippen LogP contribution in [0.25, 0.3) is 10.9 Å². The number of amides is 1. The number of aromatic carboxylic acids is 1. The summed E-state index contributed by atoms with van der Waals surface area (Å²) in [5.41, 5.74) is -0.686. The Hall–Kier alpha value is -3.11. The van der Waals surface area contributed by atoms with Gasteiger partial charge in [-0.2, -0.15) is 13.2 Å². The van der Waals surface area contributed by atoms with Crippen LogP contribution in [-0.2, 0) is 4.79 Å². The molecule has 1 atom stereocenters. The molecule has 1 aliphatic heterocycles. The molecule has 182 valence electrons. The molecule has 1 aromatic heterocycles. The van der Waals surface area contributed by atoms with Crippen molar-refractivity contribution in [2.45, 2.75) is 57.8 Å². The normalized spacial score (nSPS) is 21.4. The Bertz CT molecular complexity index is 1310. The largest absolute Gasteiger partial charge is 0.477 e. The molecule has 1 amide bonds. The summed E-state index contributed by atoms with van der Waals surface area (Å²) in [4.78, 5) is 37.9. The fraction of sp³-hybridized carbons (Fsp3) is 0.522. The summed E-state index contributed by atoms with van der Waals surface area (Å²) in [6.45, 7) is 3.33. The molecule has 11 heteroatoms. The average molecular weight is 481 g/mol. The van der Waals surface area contributed by atoms with Crippen LogP contribution >= 0.6 is 0 Å². The number of hydrogen-bond donors (Lipinski definition) is 2.